The first-order valence-corrected chi connectivity index (χ1v) is 9.25. The predicted molar refractivity (Wildman–Crippen MR) is 93.7 cm³/mol. The highest BCUT2D eigenvalue weighted by Gasteiger charge is 2.22. The van der Waals surface area contributed by atoms with Gasteiger partial charge in [-0.25, -0.2) is 13.5 Å². The van der Waals surface area contributed by atoms with Crippen molar-refractivity contribution >= 4 is 10.0 Å². The van der Waals surface area contributed by atoms with E-state index in [0.29, 0.717) is 20.9 Å². The van der Waals surface area contributed by atoms with Crippen molar-refractivity contribution in [2.75, 3.05) is 0 Å². The molecule has 0 radical (unpaired) electrons. The second-order valence-corrected chi connectivity index (χ2v) is 7.45. The quantitative estimate of drug-likeness (QED) is 0.540. The van der Waals surface area contributed by atoms with Gasteiger partial charge in [0.25, 0.3) is 10.0 Å². The zero-order valence-corrected chi connectivity index (χ0v) is 14.5. The third kappa shape index (κ3) is 3.13. The number of hydrogen-bond acceptors (Lipinski definition) is 4. The molecule has 27 heavy (non-hydrogen) atoms. The van der Waals surface area contributed by atoms with E-state index in [-0.39, 0.29) is 0 Å². The average Bonchev–Trinajstić information content (AvgIpc) is 3.34. The number of halogens is 2. The molecule has 0 aliphatic heterocycles. The molecule has 136 valence electrons. The van der Waals surface area contributed by atoms with E-state index in [0.717, 1.165) is 12.1 Å². The number of rotatable bonds is 4. The molecule has 0 spiro atoms. The third-order valence-electron chi connectivity index (χ3n) is 3.91. The first kappa shape index (κ1) is 17.1. The van der Waals surface area contributed by atoms with Gasteiger partial charge in [0.2, 0.25) is 0 Å². The lowest BCUT2D eigenvalue weighted by molar-refractivity contribution is 0.556. The second-order valence-electron chi connectivity index (χ2n) is 5.69. The van der Waals surface area contributed by atoms with Crippen molar-refractivity contribution in [1.82, 2.24) is 19.0 Å². The summed E-state index contributed by atoms with van der Waals surface area (Å²) in [6, 6.07) is 10.9. The Bertz CT molecular complexity index is 1220. The fourth-order valence-corrected chi connectivity index (χ4v) is 3.82. The molecule has 9 heteroatoms. The van der Waals surface area contributed by atoms with Gasteiger partial charge in [-0.1, -0.05) is 12.1 Å². The summed E-state index contributed by atoms with van der Waals surface area (Å²) in [5.41, 5.74) is 1.25. The van der Waals surface area contributed by atoms with Gasteiger partial charge in [-0.3, -0.25) is 0 Å². The molecule has 0 bridgehead atoms. The van der Waals surface area contributed by atoms with Gasteiger partial charge >= 0.3 is 0 Å². The van der Waals surface area contributed by atoms with E-state index in [1.54, 1.807) is 24.5 Å². The summed E-state index contributed by atoms with van der Waals surface area (Å²) in [6.07, 6.45) is 5.71. The fourth-order valence-electron chi connectivity index (χ4n) is 2.63. The SMILES string of the molecule is O=S(=O)(c1ccccc1F)n1cc(-c2cc(F)cc(-n3cccn3)c2)cn1. The highest BCUT2D eigenvalue weighted by molar-refractivity contribution is 7.89. The summed E-state index contributed by atoms with van der Waals surface area (Å²) >= 11 is 0. The molecular weight excluding hydrogens is 374 g/mol. The van der Waals surface area contributed by atoms with E-state index in [4.69, 9.17) is 0 Å². The van der Waals surface area contributed by atoms with Crippen LogP contribution in [0.25, 0.3) is 16.8 Å². The first-order chi connectivity index (χ1) is 12.9. The third-order valence-corrected chi connectivity index (χ3v) is 5.48. The van der Waals surface area contributed by atoms with Crippen LogP contribution in [0.1, 0.15) is 0 Å². The molecular formula is C18H12F2N4O2S. The lowest BCUT2D eigenvalue weighted by Crippen LogP contribution is -2.14. The Kier molecular flexibility index (Phi) is 4.08. The van der Waals surface area contributed by atoms with E-state index in [1.807, 2.05) is 0 Å². The van der Waals surface area contributed by atoms with Gasteiger partial charge in [0, 0.05) is 18.0 Å². The van der Waals surface area contributed by atoms with Gasteiger partial charge in [-0.2, -0.15) is 22.7 Å². The number of aromatic nitrogens is 4. The summed E-state index contributed by atoms with van der Waals surface area (Å²) in [4.78, 5) is -0.490. The monoisotopic (exact) mass is 386 g/mol. The van der Waals surface area contributed by atoms with E-state index < -0.39 is 26.6 Å². The fraction of sp³-hybridized carbons (Fsp3) is 0. The van der Waals surface area contributed by atoms with Crippen molar-refractivity contribution in [2.24, 2.45) is 0 Å². The molecule has 0 aliphatic rings. The summed E-state index contributed by atoms with van der Waals surface area (Å²) in [6.45, 7) is 0. The Morgan fingerprint density at radius 2 is 1.74 bits per heavy atom. The molecule has 0 amide bonds. The van der Waals surface area contributed by atoms with Crippen LogP contribution in [0.2, 0.25) is 0 Å². The van der Waals surface area contributed by atoms with Gasteiger partial charge in [-0.15, -0.1) is 0 Å². The maximum Gasteiger partial charge on any atom is 0.285 e. The minimum atomic E-state index is -4.20. The van der Waals surface area contributed by atoms with Crippen LogP contribution >= 0.6 is 0 Å². The molecule has 4 aromatic rings. The predicted octanol–water partition coefficient (Wildman–Crippen LogP) is 3.25. The first-order valence-electron chi connectivity index (χ1n) is 7.81. The zero-order chi connectivity index (χ0) is 19.0. The number of hydrogen-bond donors (Lipinski definition) is 0. The minimum Gasteiger partial charge on any atom is -0.241 e. The molecule has 0 fully saturated rings. The van der Waals surface area contributed by atoms with Crippen LogP contribution in [0.4, 0.5) is 8.78 Å². The molecule has 0 aliphatic carbocycles. The maximum absolute atomic E-state index is 14.0. The van der Waals surface area contributed by atoms with Crippen LogP contribution in [0.15, 0.2) is 78.2 Å². The Hall–Kier alpha value is -3.33. The van der Waals surface area contributed by atoms with Gasteiger partial charge in [0.15, 0.2) is 0 Å². The average molecular weight is 386 g/mol. The van der Waals surface area contributed by atoms with Crippen molar-refractivity contribution in [1.29, 1.82) is 0 Å². The zero-order valence-electron chi connectivity index (χ0n) is 13.7. The van der Waals surface area contributed by atoms with E-state index >= 15 is 0 Å². The van der Waals surface area contributed by atoms with Gasteiger partial charge < -0.3 is 0 Å². The van der Waals surface area contributed by atoms with Gasteiger partial charge in [0.1, 0.15) is 16.5 Å². The van der Waals surface area contributed by atoms with E-state index in [9.17, 15) is 17.2 Å². The summed E-state index contributed by atoms with van der Waals surface area (Å²) in [5.74, 6) is -1.39. The molecule has 0 saturated heterocycles. The lowest BCUT2D eigenvalue weighted by atomic mass is 10.1. The number of nitrogens with zero attached hydrogens (tertiary/aromatic N) is 4. The van der Waals surface area contributed by atoms with Crippen LogP contribution in [-0.2, 0) is 10.0 Å². The Labute approximate surface area is 153 Å². The molecule has 0 N–H and O–H groups in total. The highest BCUT2D eigenvalue weighted by Crippen LogP contribution is 2.25. The van der Waals surface area contributed by atoms with Gasteiger partial charge in [0.05, 0.1) is 18.1 Å². The van der Waals surface area contributed by atoms with Gasteiger partial charge in [-0.05, 0) is 42.0 Å². The maximum atomic E-state index is 14.0. The molecule has 2 aromatic carbocycles. The second kappa shape index (κ2) is 6.44. The Balaban J connectivity index is 1.77. The molecule has 0 saturated carbocycles. The van der Waals surface area contributed by atoms with Crippen LogP contribution in [0.3, 0.4) is 0 Å². The van der Waals surface area contributed by atoms with Crippen LogP contribution < -0.4 is 0 Å². The summed E-state index contributed by atoms with van der Waals surface area (Å²) < 4.78 is 55.2. The van der Waals surface area contributed by atoms with Crippen molar-refractivity contribution in [2.45, 2.75) is 4.90 Å². The molecule has 0 unspecified atom stereocenters. The van der Waals surface area contributed by atoms with Crippen LogP contribution in [-0.4, -0.2) is 27.4 Å². The largest absolute Gasteiger partial charge is 0.285 e. The number of benzene rings is 2. The summed E-state index contributed by atoms with van der Waals surface area (Å²) in [7, 11) is -4.20. The van der Waals surface area contributed by atoms with E-state index in [1.165, 1.54) is 41.3 Å². The van der Waals surface area contributed by atoms with E-state index in [2.05, 4.69) is 10.2 Å². The molecule has 2 heterocycles. The van der Waals surface area contributed by atoms with Crippen LogP contribution in [0.5, 0.6) is 0 Å². The normalized spacial score (nSPS) is 11.6. The molecule has 0 atom stereocenters. The van der Waals surface area contributed by atoms with Crippen LogP contribution in [0, 0.1) is 11.6 Å². The standard InChI is InChI=1S/C18H12F2N4O2S/c19-15-8-13(9-16(10-15)23-7-3-6-21-23)14-11-22-24(12-14)27(25,26)18-5-2-1-4-17(18)20/h1-12H. The topological polar surface area (TPSA) is 69.8 Å². The highest BCUT2D eigenvalue weighted by atomic mass is 32.2. The lowest BCUT2D eigenvalue weighted by Gasteiger charge is -2.06. The molecule has 2 aromatic heterocycles. The molecule has 4 rings (SSSR count). The van der Waals surface area contributed by atoms with Crippen molar-refractivity contribution in [3.8, 4) is 16.8 Å². The smallest absolute Gasteiger partial charge is 0.241 e. The van der Waals surface area contributed by atoms with Crippen molar-refractivity contribution < 1.29 is 17.2 Å². The minimum absolute atomic E-state index is 0.364. The van der Waals surface area contributed by atoms with Crippen molar-refractivity contribution in [3.05, 3.63) is 85.0 Å². The summed E-state index contributed by atoms with van der Waals surface area (Å²) in [5, 5.41) is 7.87. The Morgan fingerprint density at radius 3 is 2.48 bits per heavy atom. The molecule has 6 nitrogen and oxygen atoms in total. The van der Waals surface area contributed by atoms with Crippen molar-refractivity contribution in [3.63, 3.8) is 0 Å². The Morgan fingerprint density at radius 1 is 0.926 bits per heavy atom.